The molecule has 6 rings (SSSR count). The van der Waals surface area contributed by atoms with E-state index in [1.165, 1.54) is 24.6 Å². The van der Waals surface area contributed by atoms with Crippen molar-refractivity contribution < 1.29 is 45.0 Å². The zero-order valence-corrected chi connectivity index (χ0v) is 25.9. The number of para-hydroxylation sites is 1. The second kappa shape index (κ2) is 11.9. The zero-order chi connectivity index (χ0) is 32.8. The number of esters is 1. The number of hydrogen-bond acceptors (Lipinski definition) is 8. The predicted molar refractivity (Wildman–Crippen MR) is 161 cm³/mol. The first-order chi connectivity index (χ1) is 21.9. The van der Waals surface area contributed by atoms with E-state index in [0.717, 1.165) is 29.5 Å². The van der Waals surface area contributed by atoms with Crippen molar-refractivity contribution in [3.8, 4) is 28.7 Å². The first kappa shape index (κ1) is 31.2. The Labute approximate surface area is 262 Å². The highest BCUT2D eigenvalue weighted by molar-refractivity contribution is 7.91. The van der Waals surface area contributed by atoms with Gasteiger partial charge in [-0.3, -0.25) is 4.79 Å². The Morgan fingerprint density at radius 1 is 1.13 bits per heavy atom. The average molecular weight is 655 g/mol. The van der Waals surface area contributed by atoms with Crippen LogP contribution >= 0.6 is 0 Å². The van der Waals surface area contributed by atoms with Gasteiger partial charge in [-0.25, -0.2) is 22.2 Å². The van der Waals surface area contributed by atoms with Crippen LogP contribution in [0, 0.1) is 17.5 Å². The van der Waals surface area contributed by atoms with Crippen LogP contribution in [0.1, 0.15) is 43.5 Å². The van der Waals surface area contributed by atoms with Gasteiger partial charge in [-0.1, -0.05) is 18.2 Å². The summed E-state index contributed by atoms with van der Waals surface area (Å²) in [4.78, 5) is 18.5. The molecule has 1 N–H and O–H groups in total. The van der Waals surface area contributed by atoms with Gasteiger partial charge in [-0.05, 0) is 56.5 Å². The van der Waals surface area contributed by atoms with E-state index in [-0.39, 0.29) is 40.5 Å². The molecule has 0 spiro atoms. The van der Waals surface area contributed by atoms with Gasteiger partial charge >= 0.3 is 5.97 Å². The lowest BCUT2D eigenvalue weighted by Crippen LogP contribution is -2.32. The number of carbonyl (C=O) groups excluding carboxylic acids is 1. The van der Waals surface area contributed by atoms with Crippen molar-refractivity contribution in [1.82, 2.24) is 9.97 Å². The number of nitrogens with zero attached hydrogens (tertiary/aromatic N) is 1. The van der Waals surface area contributed by atoms with E-state index >= 15 is 8.78 Å². The molecule has 9 nitrogen and oxygen atoms in total. The summed E-state index contributed by atoms with van der Waals surface area (Å²) in [7, 11) is -4.10. The topological polar surface area (TPSA) is 121 Å². The maximum Gasteiger partial charge on any atom is 0.306 e. The van der Waals surface area contributed by atoms with Crippen LogP contribution in [0.4, 0.5) is 13.2 Å². The summed E-state index contributed by atoms with van der Waals surface area (Å²) in [5.41, 5.74) is 0.982. The largest absolute Gasteiger partial charge is 0.493 e. The van der Waals surface area contributed by atoms with Gasteiger partial charge in [0, 0.05) is 35.2 Å². The Balaban J connectivity index is 1.35. The van der Waals surface area contributed by atoms with Crippen molar-refractivity contribution in [1.29, 1.82) is 0 Å². The molecule has 46 heavy (non-hydrogen) atoms. The first-order valence-corrected chi connectivity index (χ1v) is 16.3. The molecule has 0 saturated carbocycles. The van der Waals surface area contributed by atoms with Crippen LogP contribution in [-0.2, 0) is 31.2 Å². The highest BCUT2D eigenvalue weighted by atomic mass is 32.2. The molecule has 0 bridgehead atoms. The van der Waals surface area contributed by atoms with Crippen molar-refractivity contribution >= 4 is 26.7 Å². The molecule has 3 aromatic carbocycles. The molecule has 3 heterocycles. The van der Waals surface area contributed by atoms with Crippen molar-refractivity contribution in [3.63, 3.8) is 0 Å². The van der Waals surface area contributed by atoms with Gasteiger partial charge in [0.1, 0.15) is 28.5 Å². The Hall–Kier alpha value is -4.78. The van der Waals surface area contributed by atoms with Gasteiger partial charge in [-0.2, -0.15) is 4.39 Å². The lowest BCUT2D eigenvalue weighted by Gasteiger charge is -2.35. The Morgan fingerprint density at radius 2 is 1.93 bits per heavy atom. The number of halogens is 3. The average Bonchev–Trinajstić information content (AvgIpc) is 3.71. The SMILES string of the molecule is CCOC(=O)CCc1cccc2c1OCC[C@]2(C)c1coc(-c2cc(Oc3c(F)c(F)c4[nH]ccc4c3S(C)(=O)=O)ccc2F)n1. The summed E-state index contributed by atoms with van der Waals surface area (Å²) in [6, 6.07) is 10.3. The predicted octanol–water partition coefficient (Wildman–Crippen LogP) is 7.02. The van der Waals surface area contributed by atoms with Crippen molar-refractivity contribution in [3.05, 3.63) is 89.2 Å². The number of hydrogen-bond donors (Lipinski definition) is 1. The molecule has 1 atom stereocenters. The summed E-state index contributed by atoms with van der Waals surface area (Å²) in [6.45, 7) is 4.36. The fourth-order valence-electron chi connectivity index (χ4n) is 5.75. The molecule has 240 valence electrons. The van der Waals surface area contributed by atoms with E-state index in [1.807, 2.05) is 25.1 Å². The molecule has 0 saturated heterocycles. The van der Waals surface area contributed by atoms with Crippen molar-refractivity contribution in [2.45, 2.75) is 43.4 Å². The molecule has 0 unspecified atom stereocenters. The third-order valence-corrected chi connectivity index (χ3v) is 9.23. The van der Waals surface area contributed by atoms with E-state index in [0.29, 0.717) is 37.5 Å². The third kappa shape index (κ3) is 5.48. The van der Waals surface area contributed by atoms with E-state index in [4.69, 9.17) is 18.6 Å². The fourth-order valence-corrected chi connectivity index (χ4v) is 6.78. The molecule has 5 aromatic rings. The van der Waals surface area contributed by atoms with E-state index < -0.39 is 43.3 Å². The molecule has 1 aliphatic rings. The number of oxazole rings is 1. The van der Waals surface area contributed by atoms with Gasteiger partial charge in [0.15, 0.2) is 21.4 Å². The van der Waals surface area contributed by atoms with Gasteiger partial charge in [0.2, 0.25) is 11.7 Å². The molecule has 0 aliphatic carbocycles. The number of rotatable bonds is 9. The number of carbonyl (C=O) groups is 1. The van der Waals surface area contributed by atoms with E-state index in [2.05, 4.69) is 9.97 Å². The van der Waals surface area contributed by atoms with Crippen molar-refractivity contribution in [2.75, 3.05) is 19.5 Å². The second-order valence-electron chi connectivity index (χ2n) is 11.1. The Bertz CT molecular complexity index is 2090. The zero-order valence-electron chi connectivity index (χ0n) is 25.1. The maximum atomic E-state index is 15.2. The monoisotopic (exact) mass is 654 g/mol. The van der Waals surface area contributed by atoms with Gasteiger partial charge < -0.3 is 23.6 Å². The van der Waals surface area contributed by atoms with E-state index in [1.54, 1.807) is 6.92 Å². The minimum absolute atomic E-state index is 0.0925. The molecule has 0 radical (unpaired) electrons. The molecule has 0 fully saturated rings. The number of benzene rings is 3. The molecule has 13 heteroatoms. The van der Waals surface area contributed by atoms with Crippen LogP contribution in [0.2, 0.25) is 0 Å². The number of nitrogens with one attached hydrogen (secondary N) is 1. The minimum Gasteiger partial charge on any atom is -0.493 e. The highest BCUT2D eigenvalue weighted by Crippen LogP contribution is 2.46. The molecular formula is C33H29F3N2O7S. The standard InChI is InChI=1S/C33H29F3N2O7S/c1-4-42-25(39)11-8-18-6-5-7-22-29(18)43-15-13-33(22,2)24-17-44-32(38-24)21-16-19(9-10-23(21)34)45-30-27(36)26(35)28-20(12-14-37-28)31(30)46(3,40)41/h5-7,9-10,12,14,16-17,37H,4,8,11,13,15H2,1-3H3/t33-/m0/s1. The summed E-state index contributed by atoms with van der Waals surface area (Å²) < 4.78 is 92.9. The number of aromatic amines is 1. The van der Waals surface area contributed by atoms with Crippen LogP contribution < -0.4 is 9.47 Å². The number of aryl methyl sites for hydroxylation is 1. The Kier molecular flexibility index (Phi) is 8.05. The number of ether oxygens (including phenoxy) is 3. The number of fused-ring (bicyclic) bond motifs is 2. The summed E-state index contributed by atoms with van der Waals surface area (Å²) in [5, 5.41) is -0.0925. The quantitative estimate of drug-likeness (QED) is 0.133. The van der Waals surface area contributed by atoms with Gasteiger partial charge in [0.25, 0.3) is 0 Å². The maximum absolute atomic E-state index is 15.2. The lowest BCUT2D eigenvalue weighted by atomic mass is 9.74. The normalized spacial score (nSPS) is 16.2. The number of H-pyrrole nitrogens is 1. The number of sulfone groups is 1. The summed E-state index contributed by atoms with van der Waals surface area (Å²) in [6.07, 6.45) is 4.68. The van der Waals surface area contributed by atoms with Gasteiger partial charge in [0.05, 0.1) is 30.0 Å². The second-order valence-corrected chi connectivity index (χ2v) is 13.1. The minimum atomic E-state index is -4.10. The van der Waals surface area contributed by atoms with E-state index in [9.17, 15) is 17.6 Å². The van der Waals surface area contributed by atoms with Crippen molar-refractivity contribution in [2.24, 2.45) is 0 Å². The van der Waals surface area contributed by atoms with Crippen LogP contribution in [-0.4, -0.2) is 43.8 Å². The summed E-state index contributed by atoms with van der Waals surface area (Å²) in [5.74, 6) is -4.40. The molecular weight excluding hydrogens is 625 g/mol. The first-order valence-electron chi connectivity index (χ1n) is 14.4. The molecule has 1 aliphatic heterocycles. The van der Waals surface area contributed by atoms with Gasteiger partial charge in [-0.15, -0.1) is 0 Å². The van der Waals surface area contributed by atoms with Crippen LogP contribution in [0.5, 0.6) is 17.2 Å². The smallest absolute Gasteiger partial charge is 0.306 e. The highest BCUT2D eigenvalue weighted by Gasteiger charge is 2.39. The van der Waals surface area contributed by atoms with Crippen LogP contribution in [0.3, 0.4) is 0 Å². The fraction of sp³-hybridized carbons (Fsp3) is 0.273. The molecule has 2 aromatic heterocycles. The molecule has 0 amide bonds. The van der Waals surface area contributed by atoms with Crippen LogP contribution in [0.15, 0.2) is 64.2 Å². The lowest BCUT2D eigenvalue weighted by molar-refractivity contribution is -0.143. The summed E-state index contributed by atoms with van der Waals surface area (Å²) >= 11 is 0. The third-order valence-electron chi connectivity index (χ3n) is 8.08. The van der Waals surface area contributed by atoms with Crippen LogP contribution in [0.25, 0.3) is 22.4 Å². The Morgan fingerprint density at radius 3 is 2.70 bits per heavy atom. The number of aromatic nitrogens is 2.